The Morgan fingerprint density at radius 3 is 1.88 bits per heavy atom. The van der Waals surface area contributed by atoms with E-state index in [1.54, 1.807) is 0 Å². The zero-order valence-corrected chi connectivity index (χ0v) is 38.5. The number of nitrogens with two attached hydrogens (primary N) is 5. The molecule has 0 aromatic rings. The van der Waals surface area contributed by atoms with Crippen molar-refractivity contribution < 1.29 is 43.2 Å². The van der Waals surface area contributed by atoms with E-state index in [-0.39, 0.29) is 95.3 Å². The molecule has 0 saturated carbocycles. The fourth-order valence-corrected chi connectivity index (χ4v) is 7.52. The second-order valence-electron chi connectivity index (χ2n) is 16.2. The van der Waals surface area contributed by atoms with E-state index in [1.165, 1.54) is 35.7 Å². The summed E-state index contributed by atoms with van der Waals surface area (Å²) in [4.78, 5) is 131. The van der Waals surface area contributed by atoms with E-state index < -0.39 is 102 Å². The third-order valence-electron chi connectivity index (χ3n) is 10.3. The molecule has 17 N–H and O–H groups in total. The number of carbonyl (C=O) groups is 9. The highest BCUT2D eigenvalue weighted by molar-refractivity contribution is 7.98. The molecule has 0 bridgehead atoms. The summed E-state index contributed by atoms with van der Waals surface area (Å²) in [5.41, 5.74) is 27.5. The molecule has 24 nitrogen and oxygen atoms in total. The van der Waals surface area contributed by atoms with Crippen LogP contribution in [0.3, 0.4) is 0 Å². The molecule has 0 unspecified atom stereocenters. The van der Waals surface area contributed by atoms with Gasteiger partial charge >= 0.3 is 0 Å². The molecule has 25 heteroatoms. The van der Waals surface area contributed by atoms with E-state index in [0.717, 1.165) is 0 Å². The van der Waals surface area contributed by atoms with Crippen LogP contribution < -0.4 is 65.9 Å². The Labute approximate surface area is 383 Å². The van der Waals surface area contributed by atoms with E-state index in [9.17, 15) is 43.2 Å². The number of nitrogens with zero attached hydrogens (tertiary/aromatic N) is 3. The fourth-order valence-electron chi connectivity index (χ4n) is 7.05. The van der Waals surface area contributed by atoms with Crippen LogP contribution in [0, 0.1) is 5.92 Å². The average Bonchev–Trinajstić information content (AvgIpc) is 3.73. The molecule has 2 heterocycles. The Hall–Kier alpha value is -6.14. The van der Waals surface area contributed by atoms with Gasteiger partial charge in [0.1, 0.15) is 42.3 Å². The van der Waals surface area contributed by atoms with Crippen LogP contribution in [-0.4, -0.2) is 150 Å². The lowest BCUT2D eigenvalue weighted by Crippen LogP contribution is -2.59. The third-order valence-corrected chi connectivity index (χ3v) is 10.9. The number of hydrogen-bond donors (Lipinski definition) is 12. The van der Waals surface area contributed by atoms with Gasteiger partial charge in [0, 0.05) is 26.6 Å². The molecule has 9 amide bonds. The van der Waals surface area contributed by atoms with Crippen molar-refractivity contribution >= 4 is 76.8 Å². The van der Waals surface area contributed by atoms with Crippen molar-refractivity contribution in [1.29, 1.82) is 0 Å². The zero-order chi connectivity index (χ0) is 48.6. The van der Waals surface area contributed by atoms with Crippen molar-refractivity contribution in [1.82, 2.24) is 42.1 Å². The lowest BCUT2D eigenvalue weighted by molar-refractivity contribution is -0.142. The quantitative estimate of drug-likeness (QED) is 0.0321. The van der Waals surface area contributed by atoms with E-state index in [0.29, 0.717) is 12.2 Å². The monoisotopic (exact) mass is 936 g/mol. The molecule has 2 aliphatic heterocycles. The molecule has 1 fully saturated rings. The summed E-state index contributed by atoms with van der Waals surface area (Å²) in [7, 11) is 0. The first-order valence-corrected chi connectivity index (χ1v) is 23.0. The number of aliphatic imine (C=N–C) groups is 2. The number of nitrogens with one attached hydrogen (secondary N) is 7. The molecular weight excluding hydrogens is 867 g/mol. The Kier molecular flexibility index (Phi) is 24.2. The van der Waals surface area contributed by atoms with Gasteiger partial charge in [-0.1, -0.05) is 26.0 Å². The highest BCUT2D eigenvalue weighted by Crippen LogP contribution is 2.21. The number of fused-ring (bicyclic) bond motifs is 1. The number of guanidine groups is 2. The SMILES string of the molecule is CSCC[C@@H]1NC(=O)[C@H](NC(C)=O)C/C=C\C[C@@H](C(N)=O)NC(=O)CNC(=O)[C@H](CCCN=C(N)N)NC(=O)[C@H](CC(C)C)NC(=O)[C@H](CCCN=C(N)N)NC(=O)[C@@H]2CCCN2C1=O. The maximum absolute atomic E-state index is 14.2. The van der Waals surface area contributed by atoms with Crippen molar-refractivity contribution in [2.24, 2.45) is 44.6 Å². The summed E-state index contributed by atoms with van der Waals surface area (Å²) in [5.74, 6) is -6.41. The highest BCUT2D eigenvalue weighted by Gasteiger charge is 2.40. The van der Waals surface area contributed by atoms with E-state index in [2.05, 4.69) is 47.2 Å². The number of thioether (sulfide) groups is 1. The molecule has 0 aromatic heterocycles. The maximum atomic E-state index is 14.2. The topological polar surface area (TPSA) is 396 Å². The number of hydrogen-bond acceptors (Lipinski definition) is 12. The predicted molar refractivity (Wildman–Crippen MR) is 245 cm³/mol. The van der Waals surface area contributed by atoms with Crippen LogP contribution in [0.15, 0.2) is 22.1 Å². The number of primary amides is 1. The molecule has 0 radical (unpaired) electrons. The normalized spacial score (nSPS) is 25.1. The summed E-state index contributed by atoms with van der Waals surface area (Å²) >= 11 is 1.43. The zero-order valence-electron chi connectivity index (χ0n) is 37.7. The van der Waals surface area contributed by atoms with Gasteiger partial charge < -0.3 is 70.8 Å². The van der Waals surface area contributed by atoms with Gasteiger partial charge in [0.2, 0.25) is 53.2 Å². The van der Waals surface area contributed by atoms with E-state index in [1.807, 2.05) is 20.1 Å². The molecule has 0 aromatic carbocycles. The van der Waals surface area contributed by atoms with E-state index >= 15 is 0 Å². The van der Waals surface area contributed by atoms with Crippen LogP contribution in [-0.2, 0) is 43.2 Å². The van der Waals surface area contributed by atoms with Gasteiger partial charge in [0.05, 0.1) is 6.54 Å². The van der Waals surface area contributed by atoms with Gasteiger partial charge in [0.25, 0.3) is 0 Å². The van der Waals surface area contributed by atoms with Gasteiger partial charge in [-0.05, 0) is 82.1 Å². The third kappa shape index (κ3) is 20.5. The summed E-state index contributed by atoms with van der Waals surface area (Å²) < 4.78 is 0. The fraction of sp³-hybridized carbons (Fsp3) is 0.675. The van der Waals surface area contributed by atoms with Crippen LogP contribution in [0.1, 0.15) is 85.0 Å². The smallest absolute Gasteiger partial charge is 0.245 e. The van der Waals surface area contributed by atoms with Crippen LogP contribution >= 0.6 is 11.8 Å². The first-order valence-electron chi connectivity index (χ1n) is 21.6. The average molecular weight is 936 g/mol. The Morgan fingerprint density at radius 1 is 0.754 bits per heavy atom. The standard InChI is InChI=1S/C40H69N15O9S/c1-22(2)20-29-36(62)51-25(12-7-16-46-39(42)43)33(59)48-21-31(57)50-24(32(41)58)10-5-6-11-26(49-23(3)56)34(60)53-28(15-19-65-4)38(64)55-18-9-14-30(55)37(63)52-27(35(61)54-29)13-8-17-47-40(44)45/h5-6,22,24-30H,7-21H2,1-4H3,(H2,41,58)(H,48,59)(H,49,56)(H,50,57)(H,51,62)(H,52,63)(H,53,60)(H,54,61)(H4,42,43,46)(H4,44,45,47)/b6-5-/t24-,25-,26+,27-,28-,29-,30-/m0/s1. The Bertz CT molecular complexity index is 1770. The first-order chi connectivity index (χ1) is 30.7. The van der Waals surface area contributed by atoms with Crippen molar-refractivity contribution in [3.63, 3.8) is 0 Å². The van der Waals surface area contributed by atoms with Crippen molar-refractivity contribution in [2.75, 3.05) is 38.2 Å². The second kappa shape index (κ2) is 28.6. The number of rotatable bonds is 15. The lowest BCUT2D eigenvalue weighted by Gasteiger charge is -2.31. The predicted octanol–water partition coefficient (Wildman–Crippen LogP) is -4.24. The van der Waals surface area contributed by atoms with Crippen LogP contribution in [0.4, 0.5) is 0 Å². The van der Waals surface area contributed by atoms with Crippen molar-refractivity contribution in [2.45, 2.75) is 127 Å². The van der Waals surface area contributed by atoms with Crippen molar-refractivity contribution in [3.05, 3.63) is 12.2 Å². The van der Waals surface area contributed by atoms with Gasteiger partial charge in [-0.3, -0.25) is 53.1 Å². The minimum Gasteiger partial charge on any atom is -0.370 e. The molecule has 0 aliphatic carbocycles. The first kappa shape index (κ1) is 55.0. The Balaban J connectivity index is 2.64. The number of amides is 9. The van der Waals surface area contributed by atoms with Crippen LogP contribution in [0.2, 0.25) is 0 Å². The highest BCUT2D eigenvalue weighted by atomic mass is 32.2. The van der Waals surface area contributed by atoms with Gasteiger partial charge in [0.15, 0.2) is 11.9 Å². The molecule has 1 saturated heterocycles. The molecule has 2 rings (SSSR count). The summed E-state index contributed by atoms with van der Waals surface area (Å²) in [6.07, 6.45) is 6.05. The molecule has 364 valence electrons. The van der Waals surface area contributed by atoms with Crippen molar-refractivity contribution in [3.8, 4) is 0 Å². The van der Waals surface area contributed by atoms with Gasteiger partial charge in [-0.25, -0.2) is 0 Å². The molecule has 0 spiro atoms. The van der Waals surface area contributed by atoms with E-state index in [4.69, 9.17) is 28.7 Å². The molecule has 7 atom stereocenters. The maximum Gasteiger partial charge on any atom is 0.245 e. The van der Waals surface area contributed by atoms with Gasteiger partial charge in [-0.2, -0.15) is 11.8 Å². The van der Waals surface area contributed by atoms with Crippen LogP contribution in [0.25, 0.3) is 0 Å². The molecule has 65 heavy (non-hydrogen) atoms. The summed E-state index contributed by atoms with van der Waals surface area (Å²) in [6, 6.07) is -8.23. The van der Waals surface area contributed by atoms with Crippen LogP contribution in [0.5, 0.6) is 0 Å². The number of carbonyl (C=O) groups excluding carboxylic acids is 9. The van der Waals surface area contributed by atoms with Gasteiger partial charge in [-0.15, -0.1) is 0 Å². The second-order valence-corrected chi connectivity index (χ2v) is 17.2. The minimum atomic E-state index is -1.25. The molecular formula is C40H69N15O9S. The minimum absolute atomic E-state index is 0.00273. The summed E-state index contributed by atoms with van der Waals surface area (Å²) in [6.45, 7) is 4.61. The summed E-state index contributed by atoms with van der Waals surface area (Å²) in [5, 5.41) is 18.4. The largest absolute Gasteiger partial charge is 0.370 e. The lowest BCUT2D eigenvalue weighted by atomic mass is 10.0. The Morgan fingerprint density at radius 2 is 1.31 bits per heavy atom. The molecule has 2 aliphatic rings.